The Morgan fingerprint density at radius 2 is 0.381 bits per heavy atom. The molecule has 570 valence electrons. The van der Waals surface area contributed by atoms with E-state index >= 15 is 87.8 Å². The number of aryl methyl sites for hydroxylation is 1. The fourth-order valence-electron chi connectivity index (χ4n) is 14.1. The molecule has 30 heteroatoms. The fourth-order valence-corrected chi connectivity index (χ4v) is 14.1. The molecule has 1 N–H and O–H groups in total. The number of hydrogen-bond acceptors (Lipinski definition) is 0. The topological polar surface area (TPSA) is 4.44 Å². The first kappa shape index (κ1) is 82.7. The average molecular weight is 1520 g/mol. The lowest BCUT2D eigenvalue weighted by molar-refractivity contribution is -0.833. The molecule has 0 saturated heterocycles. The summed E-state index contributed by atoms with van der Waals surface area (Å²) in [6.45, 7) is 9.56. The van der Waals surface area contributed by atoms with Crippen molar-refractivity contribution in [3.8, 4) is 0 Å². The number of unbranched alkanes of at least 4 members (excludes halogenated alkanes) is 22. The average Bonchev–Trinajstić information content (AvgIpc) is 0.667. The van der Waals surface area contributed by atoms with Crippen molar-refractivity contribution in [1.29, 1.82) is 0 Å². The Kier molecular flexibility index (Phi) is 27.7. The van der Waals surface area contributed by atoms with Crippen LogP contribution in [0.5, 0.6) is 0 Å². The highest BCUT2D eigenvalue weighted by atomic mass is 19.2. The molecule has 1 nitrogen and oxygen atoms in total. The highest BCUT2D eigenvalue weighted by Gasteiger charge is 2.53. The molecular weight excluding hydrogens is 1460 g/mol. The molecule has 0 aromatic heterocycles. The van der Waals surface area contributed by atoms with Crippen LogP contribution in [0.25, 0.3) is 43.1 Å². The monoisotopic (exact) mass is 1520 g/mol. The summed E-state index contributed by atoms with van der Waals surface area (Å²) in [5, 5.41) is -25.0. The molecule has 0 radical (unpaired) electrons. The summed E-state index contributed by atoms with van der Waals surface area (Å²) in [6.07, 6.45) is 26.6. The van der Waals surface area contributed by atoms with Gasteiger partial charge in [-0.05, 0) is 38.7 Å². The van der Waals surface area contributed by atoms with Gasteiger partial charge in [-0.2, -0.15) is 0 Å². The summed E-state index contributed by atoms with van der Waals surface area (Å²) in [5.74, 6) is -102. The number of nitrogens with one attached hydrogen (secondary N) is 1. The van der Waals surface area contributed by atoms with E-state index in [0.717, 1.165) is 0 Å². The van der Waals surface area contributed by atoms with Gasteiger partial charge in [-0.25, -0.2) is 123 Å². The zero-order chi connectivity index (χ0) is 77.5. The van der Waals surface area contributed by atoms with Crippen LogP contribution in [0.1, 0.15) is 174 Å². The van der Waals surface area contributed by atoms with E-state index in [2.05, 4.69) is 45.0 Å². The Hall–Kier alpha value is -7.92. The first-order valence-corrected chi connectivity index (χ1v) is 34.1. The Labute approximate surface area is 583 Å². The second-order valence-corrected chi connectivity index (χ2v) is 26.0. The van der Waals surface area contributed by atoms with E-state index in [9.17, 15) is 35.1 Å². The van der Waals surface area contributed by atoms with Crippen LogP contribution in [0.15, 0.2) is 24.3 Å². The molecule has 0 saturated carbocycles. The highest BCUT2D eigenvalue weighted by molar-refractivity contribution is 7.20. The number of hydrogen-bond donors (Lipinski definition) is 1. The lowest BCUT2D eigenvalue weighted by Crippen LogP contribution is -3.07. The maximum Gasteiger partial charge on any atom is 0.198 e. The van der Waals surface area contributed by atoms with Crippen molar-refractivity contribution in [1.82, 2.24) is 0 Å². The van der Waals surface area contributed by atoms with Gasteiger partial charge in [0, 0.05) is 5.56 Å². The van der Waals surface area contributed by atoms with E-state index in [-0.39, 0.29) is 0 Å². The lowest BCUT2D eigenvalue weighted by Gasteiger charge is -2.45. The molecule has 0 fully saturated rings. The molecule has 105 heavy (non-hydrogen) atoms. The lowest BCUT2D eigenvalue weighted by atomic mass is 9.12. The van der Waals surface area contributed by atoms with Crippen molar-refractivity contribution in [3.05, 3.63) is 193 Å². The third kappa shape index (κ3) is 15.4. The van der Waals surface area contributed by atoms with E-state index in [4.69, 9.17) is 0 Å². The molecular formula is C75H66BF28N. The number of halogens is 28. The van der Waals surface area contributed by atoms with Crippen molar-refractivity contribution in [2.45, 2.75) is 175 Å². The molecule has 9 aromatic carbocycles. The van der Waals surface area contributed by atoms with Gasteiger partial charge in [-0.3, -0.25) is 0 Å². The molecule has 0 aliphatic rings. The molecule has 0 heterocycles. The van der Waals surface area contributed by atoms with Crippen LogP contribution in [-0.4, -0.2) is 19.2 Å². The molecule has 1 unspecified atom stereocenters. The minimum Gasteiger partial charge on any atom is -0.302 e. The second-order valence-electron chi connectivity index (χ2n) is 26.0. The molecule has 9 rings (SSSR count). The zero-order valence-corrected chi connectivity index (χ0v) is 56.4. The zero-order valence-electron chi connectivity index (χ0n) is 56.4. The van der Waals surface area contributed by atoms with E-state index in [1.807, 2.05) is 0 Å². The maximum absolute atomic E-state index is 17.4. The van der Waals surface area contributed by atoms with Crippen LogP contribution in [0.3, 0.4) is 0 Å². The van der Waals surface area contributed by atoms with Gasteiger partial charge in [0.2, 0.25) is 0 Å². The van der Waals surface area contributed by atoms with Crippen LogP contribution < -0.4 is 26.8 Å². The van der Waals surface area contributed by atoms with Crippen LogP contribution in [0.2, 0.25) is 0 Å². The van der Waals surface area contributed by atoms with Crippen molar-refractivity contribution < 1.29 is 128 Å². The van der Waals surface area contributed by atoms with Crippen molar-refractivity contribution >= 4 is 76.8 Å². The molecule has 0 spiro atoms. The Morgan fingerprint density at radius 3 is 0.581 bits per heavy atom. The van der Waals surface area contributed by atoms with Gasteiger partial charge in [0.05, 0.1) is 56.2 Å². The summed E-state index contributed by atoms with van der Waals surface area (Å²) >= 11 is 0. The largest absolute Gasteiger partial charge is 0.302 e. The summed E-state index contributed by atoms with van der Waals surface area (Å²) in [6, 6.07) is 9.12. The molecule has 1 atom stereocenters. The normalized spacial score (nSPS) is 12.3. The number of rotatable bonds is 31. The smallest absolute Gasteiger partial charge is 0.198 e. The fraction of sp³-hybridized carbons (Fsp3) is 0.387. The quantitative estimate of drug-likeness (QED) is 0.0145. The Bertz CT molecular complexity index is 4260. The van der Waals surface area contributed by atoms with E-state index < -0.39 is 234 Å². The maximum atomic E-state index is 17.4. The van der Waals surface area contributed by atoms with Gasteiger partial charge in [0.1, 0.15) is 58.4 Å². The number of quaternary nitrogens is 1. The van der Waals surface area contributed by atoms with Gasteiger partial charge in [-0.15, -0.1) is 21.9 Å². The molecule has 0 aliphatic carbocycles. The van der Waals surface area contributed by atoms with Gasteiger partial charge < -0.3 is 4.90 Å². The van der Waals surface area contributed by atoms with Gasteiger partial charge in [0.25, 0.3) is 0 Å². The second kappa shape index (κ2) is 35.2. The number of fused-ring (bicyclic) bond motifs is 4. The van der Waals surface area contributed by atoms with Gasteiger partial charge >= 0.3 is 0 Å². The van der Waals surface area contributed by atoms with Crippen LogP contribution >= 0.6 is 0 Å². The first-order chi connectivity index (χ1) is 49.8. The SMILES string of the molecule is CCCCCCCCCCCCCCCC[NH+](CCCCCCCCCCCC)c1ccccc1C.Fc1c(F)c(F)c2c(F)c([B-](c3c(F)c(F)c4c(F)c(F)c(F)c(F)c4c3F)(c3c(F)c(F)c4c(F)c(F)c(F)c(F)c4c3F)c3c(F)c(F)c4c(F)c(F)c(F)c(F)c4c3F)c(F)c(F)c2c1F. The highest BCUT2D eigenvalue weighted by Crippen LogP contribution is 2.41. The summed E-state index contributed by atoms with van der Waals surface area (Å²) in [5.41, 5.74) is -12.8. The van der Waals surface area contributed by atoms with E-state index in [1.54, 1.807) is 10.6 Å². The molecule has 9 aromatic rings. The van der Waals surface area contributed by atoms with Crippen molar-refractivity contribution in [3.63, 3.8) is 0 Å². The predicted octanol–water partition coefficient (Wildman–Crippen LogP) is 22.5. The minimum absolute atomic E-state index is 1.32. The predicted molar refractivity (Wildman–Crippen MR) is 343 cm³/mol. The summed E-state index contributed by atoms with van der Waals surface area (Å²) in [7, 11) is 0. The molecule has 0 aliphatic heterocycles. The standard InChI is InChI=1S/C40BF28.C35H65N/c42-13-1-5(25(54)37(66)33(62)21(1)50)17(46)29(58)9(13)41(10-14(43)2-6(18(47)30(10)59)26(55)38(67)34(63)22(2)51,11-15(44)3-7(19(48)31(11)60)27(56)39(68)35(64)23(3)52)12-16(45)4-8(20(49)32(12)61)28(57)40(69)36(65)24(4)53;1-4-6-8-10-12-14-16-17-18-19-21-23-25-29-33-36(35-31-27-26-30-34(35)3)32-28-24-22-20-15-13-11-9-7-5-2/h;26-27,30-31H,4-25,28-29,32-33H2,1-3H3/q-1;/p+1. The van der Waals surface area contributed by atoms with E-state index in [0.29, 0.717) is 0 Å². The third-order valence-corrected chi connectivity index (χ3v) is 19.4. The first-order valence-electron chi connectivity index (χ1n) is 34.1. The third-order valence-electron chi connectivity index (χ3n) is 19.4. The molecule has 0 amide bonds. The summed E-state index contributed by atoms with van der Waals surface area (Å²) in [4.78, 5) is 1.74. The van der Waals surface area contributed by atoms with Crippen LogP contribution in [0.4, 0.5) is 129 Å². The Morgan fingerprint density at radius 1 is 0.210 bits per heavy atom. The number of benzene rings is 9. The summed E-state index contributed by atoms with van der Waals surface area (Å²) < 4.78 is 442. The number of para-hydroxylation sites is 1. The van der Waals surface area contributed by atoms with Gasteiger partial charge in [-0.1, -0.05) is 160 Å². The Balaban J connectivity index is 0.000000328. The minimum atomic E-state index is -7.99. The van der Waals surface area contributed by atoms with Crippen LogP contribution in [-0.2, 0) is 0 Å². The van der Waals surface area contributed by atoms with E-state index in [1.165, 1.54) is 173 Å². The van der Waals surface area contributed by atoms with Crippen molar-refractivity contribution in [2.24, 2.45) is 0 Å². The van der Waals surface area contributed by atoms with Crippen molar-refractivity contribution in [2.75, 3.05) is 13.1 Å². The van der Waals surface area contributed by atoms with Gasteiger partial charge in [0.15, 0.2) is 116 Å². The van der Waals surface area contributed by atoms with Crippen LogP contribution in [0, 0.1) is 170 Å². The molecule has 0 bridgehead atoms.